The van der Waals surface area contributed by atoms with Crippen molar-refractivity contribution in [3.8, 4) is 0 Å². The highest BCUT2D eigenvalue weighted by Gasteiger charge is 2.79. The third-order valence-corrected chi connectivity index (χ3v) is 15.3. The second kappa shape index (κ2) is 8.63. The van der Waals surface area contributed by atoms with Gasteiger partial charge in [-0.1, -0.05) is 66.7 Å². The van der Waals surface area contributed by atoms with Gasteiger partial charge in [-0.25, -0.2) is 4.79 Å². The molecule has 1 aromatic carbocycles. The van der Waals surface area contributed by atoms with E-state index < -0.39 is 0 Å². The first-order valence-electron chi connectivity index (χ1n) is 16.7. The lowest BCUT2D eigenvalue weighted by Crippen LogP contribution is -2.77. The highest BCUT2D eigenvalue weighted by atomic mass is 16.6. The molecule has 2 heterocycles. The van der Waals surface area contributed by atoms with E-state index in [9.17, 15) is 9.59 Å². The summed E-state index contributed by atoms with van der Waals surface area (Å²) >= 11 is 0. The molecule has 224 valence electrons. The number of carbonyl (C=O) groups is 2. The van der Waals surface area contributed by atoms with Crippen LogP contribution in [0.5, 0.6) is 0 Å². The van der Waals surface area contributed by atoms with E-state index in [1.807, 2.05) is 30.3 Å². The van der Waals surface area contributed by atoms with Gasteiger partial charge in [0.1, 0.15) is 12.2 Å². The van der Waals surface area contributed by atoms with Crippen LogP contribution in [0.15, 0.2) is 30.3 Å². The van der Waals surface area contributed by atoms with Crippen molar-refractivity contribution in [1.82, 2.24) is 0 Å². The summed E-state index contributed by atoms with van der Waals surface area (Å²) in [6.07, 6.45) is 11.1. The van der Waals surface area contributed by atoms with Gasteiger partial charge >= 0.3 is 11.9 Å². The Balaban J connectivity index is 1.20. The number of carbonyl (C=O) groups excluding carboxylic acids is 2. The molecule has 1 aromatic rings. The Morgan fingerprint density at radius 2 is 1.49 bits per heavy atom. The number of rotatable bonds is 2. The maximum atomic E-state index is 14.2. The number of esters is 2. The maximum absolute atomic E-state index is 14.2. The van der Waals surface area contributed by atoms with E-state index in [-0.39, 0.29) is 56.6 Å². The van der Waals surface area contributed by atoms with Gasteiger partial charge in [0.25, 0.3) is 0 Å². The normalized spacial score (nSPS) is 51.3. The molecule has 5 saturated carbocycles. The first kappa shape index (κ1) is 28.0. The Morgan fingerprint density at radius 1 is 0.780 bits per heavy atom. The summed E-state index contributed by atoms with van der Waals surface area (Å²) in [6, 6.07) is 9.45. The van der Waals surface area contributed by atoms with Crippen LogP contribution in [0.4, 0.5) is 0 Å². The molecule has 0 N–H and O–H groups in total. The Labute approximate surface area is 247 Å². The van der Waals surface area contributed by atoms with Crippen LogP contribution in [0.1, 0.15) is 123 Å². The molecule has 4 nitrogen and oxygen atoms in total. The molecule has 0 aromatic heterocycles. The average Bonchev–Trinajstić information content (AvgIpc) is 2.92. The lowest BCUT2D eigenvalue weighted by molar-refractivity contribution is -0.321. The third kappa shape index (κ3) is 3.46. The minimum Gasteiger partial charge on any atom is -0.461 e. The minimum atomic E-state index is -0.347. The first-order valence-corrected chi connectivity index (χ1v) is 16.7. The fourth-order valence-electron chi connectivity index (χ4n) is 12.8. The summed E-state index contributed by atoms with van der Waals surface area (Å²) in [5.74, 6) is 1.81. The van der Waals surface area contributed by atoms with Gasteiger partial charge in [-0.3, -0.25) is 4.79 Å². The van der Waals surface area contributed by atoms with Crippen LogP contribution in [-0.4, -0.2) is 24.1 Å². The van der Waals surface area contributed by atoms with Crippen molar-refractivity contribution in [2.24, 2.45) is 56.2 Å². The quantitative estimate of drug-likeness (QED) is 0.340. The summed E-state index contributed by atoms with van der Waals surface area (Å²) < 4.78 is 12.6. The number of hydrogen-bond donors (Lipinski definition) is 0. The number of benzene rings is 1. The number of fused-ring (bicyclic) bond motifs is 4. The van der Waals surface area contributed by atoms with E-state index in [1.165, 1.54) is 12.8 Å². The van der Waals surface area contributed by atoms with Gasteiger partial charge < -0.3 is 9.47 Å². The zero-order valence-electron chi connectivity index (χ0n) is 26.6. The van der Waals surface area contributed by atoms with E-state index >= 15 is 0 Å². The highest BCUT2D eigenvalue weighted by Crippen LogP contribution is 2.80. The molecule has 41 heavy (non-hydrogen) atoms. The van der Waals surface area contributed by atoms with Crippen molar-refractivity contribution in [3.05, 3.63) is 35.9 Å². The Kier molecular flexibility index (Phi) is 5.88. The molecule has 0 radical (unpaired) electrons. The molecule has 7 aliphatic rings. The topological polar surface area (TPSA) is 52.6 Å². The van der Waals surface area contributed by atoms with Gasteiger partial charge in [0.05, 0.1) is 11.0 Å². The lowest BCUT2D eigenvalue weighted by atomic mass is 9.28. The predicted molar refractivity (Wildman–Crippen MR) is 160 cm³/mol. The second-order valence-electron chi connectivity index (χ2n) is 17.2. The molecule has 5 aliphatic carbocycles. The largest absolute Gasteiger partial charge is 0.461 e. The van der Waals surface area contributed by atoms with Gasteiger partial charge in [-0.05, 0) is 122 Å². The molecule has 1 spiro atoms. The fraction of sp³-hybridized carbons (Fsp3) is 0.784. The van der Waals surface area contributed by atoms with E-state index in [0.717, 1.165) is 51.4 Å². The van der Waals surface area contributed by atoms with Crippen LogP contribution >= 0.6 is 0 Å². The van der Waals surface area contributed by atoms with Crippen LogP contribution in [-0.2, 0) is 14.3 Å². The van der Waals surface area contributed by atoms with Crippen molar-refractivity contribution >= 4 is 11.9 Å². The van der Waals surface area contributed by atoms with Crippen molar-refractivity contribution in [3.63, 3.8) is 0 Å². The van der Waals surface area contributed by atoms with Crippen molar-refractivity contribution in [2.45, 2.75) is 125 Å². The van der Waals surface area contributed by atoms with E-state index in [4.69, 9.17) is 9.47 Å². The molecular formula is C37H52O4. The molecule has 8 rings (SSSR count). The van der Waals surface area contributed by atoms with Crippen molar-refractivity contribution in [1.29, 1.82) is 0 Å². The lowest BCUT2D eigenvalue weighted by Gasteiger charge is -2.77. The summed E-state index contributed by atoms with van der Waals surface area (Å²) in [5, 5.41) is 0. The minimum absolute atomic E-state index is 0.0151. The maximum Gasteiger partial charge on any atom is 0.338 e. The molecule has 4 heteroatoms. The van der Waals surface area contributed by atoms with E-state index in [2.05, 4.69) is 48.5 Å². The summed E-state index contributed by atoms with van der Waals surface area (Å²) in [6.45, 7) is 17.3. The third-order valence-electron chi connectivity index (χ3n) is 15.3. The molecule has 0 amide bonds. The fourth-order valence-corrected chi connectivity index (χ4v) is 12.8. The zero-order chi connectivity index (χ0) is 29.2. The predicted octanol–water partition coefficient (Wildman–Crippen LogP) is 8.63. The Hall–Kier alpha value is -1.84. The SMILES string of the molecule is C[C@H]1[C@H](OC(=O)c2ccccc2)CC[C@@H]2[C@]1(C)CC[C@H]1[C@@]2(C)CC[C@]23C(=O)O[C@H](C[C@]12C)[C@@]1(C)CCC(C)(C)C[C@H]13. The summed E-state index contributed by atoms with van der Waals surface area (Å²) in [4.78, 5) is 27.2. The van der Waals surface area contributed by atoms with Gasteiger partial charge in [0.15, 0.2) is 0 Å². The zero-order valence-corrected chi connectivity index (χ0v) is 26.6. The smallest absolute Gasteiger partial charge is 0.338 e. The average molecular weight is 561 g/mol. The number of ether oxygens (including phenoxy) is 2. The van der Waals surface area contributed by atoms with Gasteiger partial charge in [0.2, 0.25) is 0 Å². The second-order valence-corrected chi connectivity index (χ2v) is 17.2. The van der Waals surface area contributed by atoms with Gasteiger partial charge in [0, 0.05) is 5.41 Å². The van der Waals surface area contributed by atoms with Crippen LogP contribution < -0.4 is 0 Å². The number of hydrogen-bond acceptors (Lipinski definition) is 4. The van der Waals surface area contributed by atoms with Crippen LogP contribution in [0, 0.1) is 56.2 Å². The van der Waals surface area contributed by atoms with E-state index in [0.29, 0.717) is 29.2 Å². The van der Waals surface area contributed by atoms with Gasteiger partial charge in [-0.2, -0.15) is 0 Å². The van der Waals surface area contributed by atoms with E-state index in [1.54, 1.807) is 0 Å². The van der Waals surface area contributed by atoms with Gasteiger partial charge in [-0.15, -0.1) is 0 Å². The van der Waals surface area contributed by atoms with Crippen molar-refractivity contribution in [2.75, 3.05) is 0 Å². The molecule has 2 bridgehead atoms. The summed E-state index contributed by atoms with van der Waals surface area (Å²) in [5.41, 5.74) is 1.00. The summed E-state index contributed by atoms with van der Waals surface area (Å²) in [7, 11) is 0. The molecule has 2 aliphatic heterocycles. The standard InChI is InChI=1S/C37H52O4/c1-23-25(40-30(38)24-11-9-8-10-12-24)13-14-26-33(23,4)16-15-27-34(26,5)19-20-37-28-21-32(2,3)17-18-35(28,6)29(41-31(37)39)22-36(27,37)7/h8-12,23,25-29H,13-22H2,1-7H3/t23-,25+,26+,27-,28+,29+,33+,34-,35-,36+,37-/m0/s1. The molecule has 2 saturated heterocycles. The molecule has 7 fully saturated rings. The Morgan fingerprint density at radius 3 is 2.22 bits per heavy atom. The van der Waals surface area contributed by atoms with Crippen LogP contribution in [0.2, 0.25) is 0 Å². The molecular weight excluding hydrogens is 508 g/mol. The molecule has 11 atom stereocenters. The highest BCUT2D eigenvalue weighted by molar-refractivity contribution is 5.89. The first-order chi connectivity index (χ1) is 19.2. The van der Waals surface area contributed by atoms with Crippen molar-refractivity contribution < 1.29 is 19.1 Å². The molecule has 0 unspecified atom stereocenters. The Bertz CT molecular complexity index is 1250. The monoisotopic (exact) mass is 560 g/mol. The van der Waals surface area contributed by atoms with Crippen LogP contribution in [0.3, 0.4) is 0 Å². The van der Waals surface area contributed by atoms with Crippen LogP contribution in [0.25, 0.3) is 0 Å².